The number of rotatable bonds is 5. The van der Waals surface area contributed by atoms with Gasteiger partial charge in [-0.15, -0.1) is 0 Å². The van der Waals surface area contributed by atoms with E-state index in [-0.39, 0.29) is 29.7 Å². The van der Waals surface area contributed by atoms with Crippen molar-refractivity contribution in [3.05, 3.63) is 152 Å². The Morgan fingerprint density at radius 2 is 0.837 bits per heavy atom. The standard InChI is InChI=1S/C39H25N3O/c1-4-10-26(11-5-1)27-16-18-28(19-17-27)31-20-22-35-33(24-31)34-25-32(21-23-36(34)43-35)39-41-37(29-12-6-2-7-13-29)40-38(42-39)30-14-8-3-9-15-30/h1-25H/i1D,4D,5D,10D,11D. The van der Waals surface area contributed by atoms with Gasteiger partial charge in [-0.25, -0.2) is 15.0 Å². The van der Waals surface area contributed by atoms with E-state index in [1.54, 1.807) is 12.1 Å². The third kappa shape index (κ3) is 4.75. The van der Waals surface area contributed by atoms with Crippen molar-refractivity contribution in [3.63, 3.8) is 0 Å². The van der Waals surface area contributed by atoms with E-state index < -0.39 is 6.04 Å². The third-order valence-corrected chi connectivity index (χ3v) is 7.43. The maximum Gasteiger partial charge on any atom is 0.164 e. The van der Waals surface area contributed by atoms with Crippen molar-refractivity contribution in [2.45, 2.75) is 0 Å². The first-order chi connectivity index (χ1) is 23.4. The molecule has 0 radical (unpaired) electrons. The first kappa shape index (κ1) is 20.1. The minimum Gasteiger partial charge on any atom is -0.456 e. The zero-order chi connectivity index (χ0) is 32.9. The van der Waals surface area contributed by atoms with Crippen LogP contribution in [0.25, 0.3) is 78.4 Å². The highest BCUT2D eigenvalue weighted by molar-refractivity contribution is 6.07. The first-order valence-corrected chi connectivity index (χ1v) is 13.9. The molecule has 0 aliphatic heterocycles. The van der Waals surface area contributed by atoms with Crippen molar-refractivity contribution in [2.75, 3.05) is 0 Å². The van der Waals surface area contributed by atoms with Crippen molar-refractivity contribution in [1.82, 2.24) is 15.0 Å². The van der Waals surface area contributed by atoms with Crippen LogP contribution in [0, 0.1) is 0 Å². The Bertz CT molecular complexity index is 2410. The molecule has 8 rings (SSSR count). The smallest absolute Gasteiger partial charge is 0.164 e. The molecule has 0 unspecified atom stereocenters. The van der Waals surface area contributed by atoms with Gasteiger partial charge < -0.3 is 4.42 Å². The van der Waals surface area contributed by atoms with Gasteiger partial charge in [-0.05, 0) is 52.6 Å². The quantitative estimate of drug-likeness (QED) is 0.212. The normalized spacial score (nSPS) is 12.9. The molecule has 0 N–H and O–H groups in total. The molecule has 0 spiro atoms. The lowest BCUT2D eigenvalue weighted by Crippen LogP contribution is -2.00. The van der Waals surface area contributed by atoms with Crippen LogP contribution in [-0.2, 0) is 0 Å². The van der Waals surface area contributed by atoms with Crippen LogP contribution in [0.4, 0.5) is 0 Å². The summed E-state index contributed by atoms with van der Waals surface area (Å²) >= 11 is 0. The van der Waals surface area contributed by atoms with Gasteiger partial charge >= 0.3 is 0 Å². The maximum atomic E-state index is 8.33. The number of nitrogens with zero attached hydrogens (tertiary/aromatic N) is 3. The number of fused-ring (bicyclic) bond motifs is 3. The molecule has 0 fully saturated rings. The molecule has 2 heterocycles. The summed E-state index contributed by atoms with van der Waals surface area (Å²) in [7, 11) is 0. The van der Waals surface area contributed by atoms with Crippen molar-refractivity contribution in [3.8, 4) is 56.4 Å². The summed E-state index contributed by atoms with van der Waals surface area (Å²) in [6, 6.07) is 37.5. The molecule has 6 aromatic carbocycles. The molecule has 202 valence electrons. The topological polar surface area (TPSA) is 51.8 Å². The van der Waals surface area contributed by atoms with Crippen LogP contribution in [-0.4, -0.2) is 15.0 Å². The molecule has 43 heavy (non-hydrogen) atoms. The Kier molecular flexibility index (Phi) is 4.91. The van der Waals surface area contributed by atoms with Crippen LogP contribution >= 0.6 is 0 Å². The largest absolute Gasteiger partial charge is 0.456 e. The Labute approximate surface area is 256 Å². The van der Waals surface area contributed by atoms with Crippen molar-refractivity contribution in [2.24, 2.45) is 0 Å². The molecule has 8 aromatic rings. The zero-order valence-corrected chi connectivity index (χ0v) is 22.8. The van der Waals surface area contributed by atoms with Crippen LogP contribution in [0.5, 0.6) is 0 Å². The lowest BCUT2D eigenvalue weighted by Gasteiger charge is -2.08. The number of hydrogen-bond acceptors (Lipinski definition) is 4. The number of furan rings is 1. The van der Waals surface area contributed by atoms with Gasteiger partial charge in [0.1, 0.15) is 11.2 Å². The van der Waals surface area contributed by atoms with E-state index in [9.17, 15) is 0 Å². The average Bonchev–Trinajstić information content (AvgIpc) is 3.51. The molecule has 0 bridgehead atoms. The predicted molar refractivity (Wildman–Crippen MR) is 174 cm³/mol. The van der Waals surface area contributed by atoms with Crippen LogP contribution in [0.15, 0.2) is 156 Å². The molecule has 0 amide bonds. The fraction of sp³-hybridized carbons (Fsp3) is 0. The molecule has 0 aliphatic carbocycles. The lowest BCUT2D eigenvalue weighted by atomic mass is 9.99. The Morgan fingerprint density at radius 1 is 0.395 bits per heavy atom. The molecule has 0 aliphatic rings. The Morgan fingerprint density at radius 3 is 1.40 bits per heavy atom. The van der Waals surface area contributed by atoms with Gasteiger partial charge in [-0.1, -0.05) is 121 Å². The van der Waals surface area contributed by atoms with Gasteiger partial charge in [0.2, 0.25) is 0 Å². The predicted octanol–water partition coefficient (Wildman–Crippen LogP) is 10.1. The van der Waals surface area contributed by atoms with Gasteiger partial charge in [0.05, 0.1) is 6.85 Å². The minimum absolute atomic E-state index is 0.181. The van der Waals surface area contributed by atoms with Gasteiger partial charge in [-0.3, -0.25) is 0 Å². The van der Waals surface area contributed by atoms with E-state index in [0.717, 1.165) is 49.8 Å². The molecule has 2 aromatic heterocycles. The Balaban J connectivity index is 1.21. The summed E-state index contributed by atoms with van der Waals surface area (Å²) in [5.41, 5.74) is 6.70. The molecule has 0 saturated heterocycles. The third-order valence-electron chi connectivity index (χ3n) is 7.43. The zero-order valence-electron chi connectivity index (χ0n) is 27.8. The van der Waals surface area contributed by atoms with Crippen LogP contribution in [0.3, 0.4) is 0 Å². The van der Waals surface area contributed by atoms with E-state index >= 15 is 0 Å². The highest BCUT2D eigenvalue weighted by Gasteiger charge is 2.15. The van der Waals surface area contributed by atoms with Crippen LogP contribution < -0.4 is 0 Å². The highest BCUT2D eigenvalue weighted by Crippen LogP contribution is 2.35. The van der Waals surface area contributed by atoms with E-state index in [4.69, 9.17) is 26.2 Å². The van der Waals surface area contributed by atoms with Crippen molar-refractivity contribution < 1.29 is 11.3 Å². The fourth-order valence-corrected chi connectivity index (χ4v) is 5.26. The summed E-state index contributed by atoms with van der Waals surface area (Å²) in [6.45, 7) is 0. The number of aromatic nitrogens is 3. The summed E-state index contributed by atoms with van der Waals surface area (Å²) in [4.78, 5) is 14.6. The van der Waals surface area contributed by atoms with Gasteiger partial charge in [0, 0.05) is 27.5 Å². The summed E-state index contributed by atoms with van der Waals surface area (Å²) in [5, 5.41) is 1.85. The Hall–Kier alpha value is -5.87. The molecule has 4 nitrogen and oxygen atoms in total. The van der Waals surface area contributed by atoms with E-state index in [1.165, 1.54) is 0 Å². The SMILES string of the molecule is [2H]c1c([2H])c([2H])c(-c2ccc(-c3ccc4oc5ccc(-c6nc(-c7ccccc7)nc(-c7ccccc7)n6)cc5c4c3)cc2)c([2H])c1[2H]. The maximum absolute atomic E-state index is 8.33. The molecule has 0 saturated carbocycles. The molecule has 4 heteroatoms. The van der Waals surface area contributed by atoms with Gasteiger partial charge in [0.25, 0.3) is 0 Å². The van der Waals surface area contributed by atoms with Gasteiger partial charge in [-0.2, -0.15) is 0 Å². The van der Waals surface area contributed by atoms with Crippen LogP contribution in [0.1, 0.15) is 6.85 Å². The minimum atomic E-state index is -0.405. The average molecular weight is 557 g/mol. The first-order valence-electron chi connectivity index (χ1n) is 16.4. The fourth-order valence-electron chi connectivity index (χ4n) is 5.26. The monoisotopic (exact) mass is 556 g/mol. The second kappa shape index (κ2) is 10.5. The second-order valence-corrected chi connectivity index (χ2v) is 10.1. The summed E-state index contributed by atoms with van der Waals surface area (Å²) in [6.07, 6.45) is 0. The number of benzene rings is 6. The number of hydrogen-bond donors (Lipinski definition) is 0. The van der Waals surface area contributed by atoms with Crippen molar-refractivity contribution >= 4 is 21.9 Å². The van der Waals surface area contributed by atoms with E-state index in [1.807, 2.05) is 103 Å². The summed E-state index contributed by atoms with van der Waals surface area (Å²) < 4.78 is 46.8. The molecular formula is C39H25N3O. The molecular weight excluding hydrogens is 526 g/mol. The van der Waals surface area contributed by atoms with E-state index in [2.05, 4.69) is 6.07 Å². The highest BCUT2D eigenvalue weighted by atomic mass is 16.3. The summed E-state index contributed by atoms with van der Waals surface area (Å²) in [5.74, 6) is 1.73. The van der Waals surface area contributed by atoms with E-state index in [0.29, 0.717) is 23.0 Å². The van der Waals surface area contributed by atoms with Gasteiger partial charge in [0.15, 0.2) is 17.5 Å². The van der Waals surface area contributed by atoms with Crippen molar-refractivity contribution in [1.29, 1.82) is 0 Å². The molecule has 0 atom stereocenters. The van der Waals surface area contributed by atoms with Crippen LogP contribution in [0.2, 0.25) is 0 Å². The second-order valence-electron chi connectivity index (χ2n) is 10.1. The lowest BCUT2D eigenvalue weighted by molar-refractivity contribution is 0.669.